The Morgan fingerprint density at radius 1 is 0.977 bits per heavy atom. The molecule has 0 saturated carbocycles. The van der Waals surface area contributed by atoms with Crippen LogP contribution < -0.4 is 4.31 Å². The molecule has 228 valence electrons. The smallest absolute Gasteiger partial charge is 0.412 e. The first kappa shape index (κ1) is 31.2. The van der Waals surface area contributed by atoms with E-state index in [9.17, 15) is 23.3 Å². The van der Waals surface area contributed by atoms with Gasteiger partial charge >= 0.3 is 6.09 Å². The van der Waals surface area contributed by atoms with E-state index in [1.54, 1.807) is 48.5 Å². The van der Waals surface area contributed by atoms with Gasteiger partial charge in [-0.1, -0.05) is 88.7 Å². The van der Waals surface area contributed by atoms with E-state index in [0.29, 0.717) is 17.7 Å². The van der Waals surface area contributed by atoms with E-state index in [1.165, 1.54) is 40.6 Å². The fourth-order valence-corrected chi connectivity index (χ4v) is 7.69. The molecule has 0 bridgehead atoms. The van der Waals surface area contributed by atoms with Crippen LogP contribution in [0.25, 0.3) is 0 Å². The highest BCUT2D eigenvalue weighted by Crippen LogP contribution is 2.45. The van der Waals surface area contributed by atoms with Crippen molar-refractivity contribution in [2.24, 2.45) is 5.92 Å². The van der Waals surface area contributed by atoms with Crippen LogP contribution >= 0.6 is 15.9 Å². The first-order valence-corrected chi connectivity index (χ1v) is 16.0. The zero-order valence-electron chi connectivity index (χ0n) is 23.7. The van der Waals surface area contributed by atoms with Crippen molar-refractivity contribution in [2.75, 3.05) is 18.0 Å². The molecule has 12 heteroatoms. The monoisotopic (exact) mass is 679 g/mol. The van der Waals surface area contributed by atoms with Crippen LogP contribution in [-0.2, 0) is 26.1 Å². The molecule has 1 aliphatic heterocycles. The minimum absolute atomic E-state index is 0.0659. The van der Waals surface area contributed by atoms with Gasteiger partial charge in [0.05, 0.1) is 16.7 Å². The lowest BCUT2D eigenvalue weighted by atomic mass is 9.90. The predicted molar refractivity (Wildman–Crippen MR) is 168 cm³/mol. The molecule has 0 aliphatic carbocycles. The van der Waals surface area contributed by atoms with E-state index >= 15 is 0 Å². The zero-order valence-corrected chi connectivity index (χ0v) is 26.1. The molecule has 1 saturated heterocycles. The Hall–Kier alpha value is -4.26. The lowest BCUT2D eigenvalue weighted by molar-refractivity contribution is -0.387. The first-order valence-electron chi connectivity index (χ1n) is 13.8. The van der Waals surface area contributed by atoms with Crippen molar-refractivity contribution in [3.8, 4) is 0 Å². The number of carbonyl (C=O) groups is 1. The number of carbonyl (C=O) groups excluding carboxylic acids is 1. The lowest BCUT2D eigenvalue weighted by Gasteiger charge is -2.39. The Morgan fingerprint density at radius 2 is 1.59 bits per heavy atom. The van der Waals surface area contributed by atoms with Crippen molar-refractivity contribution in [1.82, 2.24) is 4.90 Å². The third kappa shape index (κ3) is 6.47. The Balaban J connectivity index is 1.61. The highest BCUT2D eigenvalue weighted by atomic mass is 79.9. The number of nitro groups is 1. The molecule has 44 heavy (non-hydrogen) atoms. The number of likely N-dealkylation sites (tertiary alicyclic amines) is 1. The van der Waals surface area contributed by atoms with Gasteiger partial charge < -0.3 is 9.47 Å². The zero-order chi connectivity index (χ0) is 31.3. The Labute approximate surface area is 264 Å². The fourth-order valence-electron chi connectivity index (χ4n) is 5.58. The topological polar surface area (TPSA) is 119 Å². The molecule has 5 rings (SSSR count). The number of sulfonamides is 1. The van der Waals surface area contributed by atoms with E-state index in [-0.39, 0.29) is 13.2 Å². The minimum atomic E-state index is -4.56. The summed E-state index contributed by atoms with van der Waals surface area (Å²) >= 11 is 3.41. The number of benzene rings is 4. The number of nitro benzene ring substituents is 1. The van der Waals surface area contributed by atoms with Gasteiger partial charge in [0.1, 0.15) is 12.8 Å². The van der Waals surface area contributed by atoms with E-state index in [2.05, 4.69) is 15.9 Å². The third-order valence-electron chi connectivity index (χ3n) is 7.54. The highest BCUT2D eigenvalue weighted by Gasteiger charge is 2.48. The number of halogens is 1. The summed E-state index contributed by atoms with van der Waals surface area (Å²) in [4.78, 5) is 25.6. The number of anilines is 1. The standard InChI is InChI=1S/C32H30BrN3O7S/c1-42-31-27(20-21-34(31)32(37)43-22-23-10-4-2-5-11-23)30(24-12-6-3-7-13-24)35(26-18-16-25(33)17-19-26)44(40,41)29-15-9-8-14-28(29)36(38)39/h2-19,27,30-31H,20-22H2,1H3/t27-,30+,31?/m1/s1. The van der Waals surface area contributed by atoms with Crippen molar-refractivity contribution < 1.29 is 27.6 Å². The van der Waals surface area contributed by atoms with Crippen LogP contribution in [0.15, 0.2) is 119 Å². The van der Waals surface area contributed by atoms with Crippen LogP contribution in [0, 0.1) is 16.0 Å². The molecule has 0 aromatic heterocycles. The van der Waals surface area contributed by atoms with E-state index in [4.69, 9.17) is 9.47 Å². The summed E-state index contributed by atoms with van der Waals surface area (Å²) in [5.41, 5.74) is 1.20. The number of hydrogen-bond acceptors (Lipinski definition) is 7. The molecule has 0 radical (unpaired) electrons. The maximum Gasteiger partial charge on any atom is 0.412 e. The van der Waals surface area contributed by atoms with Crippen molar-refractivity contribution in [3.63, 3.8) is 0 Å². The van der Waals surface area contributed by atoms with E-state index in [0.717, 1.165) is 10.0 Å². The minimum Gasteiger partial charge on any atom is -0.444 e. The van der Waals surface area contributed by atoms with Crippen molar-refractivity contribution in [1.29, 1.82) is 0 Å². The van der Waals surface area contributed by atoms with E-state index < -0.39 is 49.8 Å². The Kier molecular flexibility index (Phi) is 9.62. The van der Waals surface area contributed by atoms with Crippen LogP contribution in [0.5, 0.6) is 0 Å². The molecule has 0 spiro atoms. The number of para-hydroxylation sites is 1. The lowest BCUT2D eigenvalue weighted by Crippen LogP contribution is -2.45. The normalized spacial score (nSPS) is 17.2. The number of ether oxygens (including phenoxy) is 2. The summed E-state index contributed by atoms with van der Waals surface area (Å²) in [6.07, 6.45) is -1.08. The Bertz CT molecular complexity index is 1710. The third-order valence-corrected chi connectivity index (χ3v) is 9.92. The predicted octanol–water partition coefficient (Wildman–Crippen LogP) is 6.93. The van der Waals surface area contributed by atoms with Gasteiger partial charge in [0.15, 0.2) is 4.90 Å². The molecule has 4 aromatic rings. The summed E-state index contributed by atoms with van der Waals surface area (Å²) in [6.45, 7) is 0.316. The number of methoxy groups -OCH3 is 1. The molecule has 1 fully saturated rings. The maximum atomic E-state index is 14.6. The van der Waals surface area contributed by atoms with Crippen LogP contribution in [0.4, 0.5) is 16.2 Å². The summed E-state index contributed by atoms with van der Waals surface area (Å²) in [7, 11) is -3.10. The average Bonchev–Trinajstić information content (AvgIpc) is 3.47. The first-order chi connectivity index (χ1) is 21.2. The summed E-state index contributed by atoms with van der Waals surface area (Å²) < 4.78 is 42.7. The van der Waals surface area contributed by atoms with Crippen molar-refractivity contribution >= 4 is 43.4 Å². The molecule has 3 atom stereocenters. The summed E-state index contributed by atoms with van der Waals surface area (Å²) in [5.74, 6) is -0.576. The number of amides is 1. The van der Waals surface area contributed by atoms with Gasteiger partial charge in [-0.2, -0.15) is 0 Å². The number of nitrogens with zero attached hydrogens (tertiary/aromatic N) is 3. The van der Waals surface area contributed by atoms with Crippen molar-refractivity contribution in [2.45, 2.75) is 30.2 Å². The van der Waals surface area contributed by atoms with E-state index in [1.807, 2.05) is 36.4 Å². The van der Waals surface area contributed by atoms with Crippen LogP contribution in [-0.4, -0.2) is 44.2 Å². The van der Waals surface area contributed by atoms with Gasteiger partial charge in [-0.05, 0) is 47.9 Å². The molecule has 1 amide bonds. The molecular weight excluding hydrogens is 650 g/mol. The van der Waals surface area contributed by atoms with Gasteiger partial charge in [0.25, 0.3) is 15.7 Å². The highest BCUT2D eigenvalue weighted by molar-refractivity contribution is 9.10. The van der Waals surface area contributed by atoms with Crippen LogP contribution in [0.2, 0.25) is 0 Å². The molecular formula is C32H30BrN3O7S. The molecule has 0 N–H and O–H groups in total. The SMILES string of the molecule is COC1[C@@H]([C@H](c2ccccc2)N(c2ccc(Br)cc2)S(=O)(=O)c2ccccc2[N+](=O)[O-])CCN1C(=O)OCc1ccccc1. The van der Waals surface area contributed by atoms with Gasteiger partial charge in [-0.15, -0.1) is 0 Å². The fraction of sp³-hybridized carbons (Fsp3) is 0.219. The molecule has 4 aromatic carbocycles. The summed E-state index contributed by atoms with van der Waals surface area (Å²) in [6, 6.07) is 29.3. The van der Waals surface area contributed by atoms with Gasteiger partial charge in [-0.3, -0.25) is 19.3 Å². The quantitative estimate of drug-likeness (QED) is 0.132. The average molecular weight is 681 g/mol. The molecule has 1 unspecified atom stereocenters. The molecule has 1 heterocycles. The second-order valence-corrected chi connectivity index (χ2v) is 12.9. The number of hydrogen-bond donors (Lipinski definition) is 0. The maximum absolute atomic E-state index is 14.6. The van der Waals surface area contributed by atoms with Gasteiger partial charge in [0.2, 0.25) is 0 Å². The van der Waals surface area contributed by atoms with Gasteiger partial charge in [0, 0.05) is 30.1 Å². The van der Waals surface area contributed by atoms with Crippen LogP contribution in [0.1, 0.15) is 23.6 Å². The largest absolute Gasteiger partial charge is 0.444 e. The summed E-state index contributed by atoms with van der Waals surface area (Å²) in [5, 5.41) is 12.0. The van der Waals surface area contributed by atoms with Crippen LogP contribution in [0.3, 0.4) is 0 Å². The number of rotatable bonds is 10. The molecule has 10 nitrogen and oxygen atoms in total. The van der Waals surface area contributed by atoms with Gasteiger partial charge in [-0.25, -0.2) is 13.2 Å². The second kappa shape index (κ2) is 13.6. The molecule has 1 aliphatic rings. The Morgan fingerprint density at radius 3 is 2.23 bits per heavy atom. The second-order valence-electron chi connectivity index (χ2n) is 10.2. The van der Waals surface area contributed by atoms with Crippen molar-refractivity contribution in [3.05, 3.63) is 135 Å².